The third kappa shape index (κ3) is 2.59. The third-order valence-electron chi connectivity index (χ3n) is 2.24. The fraction of sp³-hybridized carbons (Fsp3) is 0.636. The van der Waals surface area contributed by atoms with Gasteiger partial charge in [-0.1, -0.05) is 19.9 Å². The molecule has 0 saturated carbocycles. The van der Waals surface area contributed by atoms with Crippen molar-refractivity contribution < 1.29 is 4.79 Å². The van der Waals surface area contributed by atoms with Crippen LogP contribution in [0.15, 0.2) is 11.6 Å². The summed E-state index contributed by atoms with van der Waals surface area (Å²) in [7, 11) is 0. The third-order valence-corrected chi connectivity index (χ3v) is 2.24. The Morgan fingerprint density at radius 1 is 1.43 bits per heavy atom. The van der Waals surface area contributed by atoms with Crippen LogP contribution in [-0.2, 0) is 4.79 Å². The van der Waals surface area contributed by atoms with Gasteiger partial charge in [0.25, 0.3) is 5.91 Å². The van der Waals surface area contributed by atoms with Gasteiger partial charge in [0.15, 0.2) is 0 Å². The molecule has 0 radical (unpaired) electrons. The van der Waals surface area contributed by atoms with E-state index in [0.29, 0.717) is 5.57 Å². The first-order chi connectivity index (χ1) is 6.65. The summed E-state index contributed by atoms with van der Waals surface area (Å²) in [5.74, 6) is 0.148. The van der Waals surface area contributed by atoms with Gasteiger partial charge < -0.3 is 4.90 Å². The number of nitrogens with zero attached hydrogens (tertiary/aromatic N) is 2. The molecule has 0 aliphatic carbocycles. The van der Waals surface area contributed by atoms with Crippen molar-refractivity contribution in [3.05, 3.63) is 11.6 Å². The van der Waals surface area contributed by atoms with E-state index >= 15 is 0 Å². The molecule has 76 valence electrons. The van der Waals surface area contributed by atoms with E-state index in [1.807, 2.05) is 19.9 Å². The van der Waals surface area contributed by atoms with Crippen LogP contribution < -0.4 is 0 Å². The van der Waals surface area contributed by atoms with E-state index in [1.54, 1.807) is 11.0 Å². The average Bonchev–Trinajstić information content (AvgIpc) is 2.65. The van der Waals surface area contributed by atoms with Crippen molar-refractivity contribution in [3.63, 3.8) is 0 Å². The van der Waals surface area contributed by atoms with Gasteiger partial charge in [0.1, 0.15) is 11.6 Å². The lowest BCUT2D eigenvalue weighted by molar-refractivity contribution is -0.125. The largest absolute Gasteiger partial charge is 0.338 e. The van der Waals surface area contributed by atoms with Crippen LogP contribution in [0.25, 0.3) is 0 Å². The Bertz CT molecular complexity index is 280. The molecular formula is C11H16N2O. The summed E-state index contributed by atoms with van der Waals surface area (Å²) in [6.45, 7) is 5.54. The summed E-state index contributed by atoms with van der Waals surface area (Å²) >= 11 is 0. The summed E-state index contributed by atoms with van der Waals surface area (Å²) in [4.78, 5) is 13.5. The molecule has 0 aromatic rings. The minimum Gasteiger partial charge on any atom is -0.338 e. The van der Waals surface area contributed by atoms with Crippen LogP contribution in [0.1, 0.15) is 26.7 Å². The van der Waals surface area contributed by atoms with Crippen LogP contribution in [-0.4, -0.2) is 23.9 Å². The zero-order valence-electron chi connectivity index (χ0n) is 8.79. The SMILES string of the molecule is CC(C)C=C(C#N)C(=O)N1CCCC1. The van der Waals surface area contributed by atoms with Crippen molar-refractivity contribution in [1.29, 1.82) is 5.26 Å². The number of allylic oxidation sites excluding steroid dienone is 1. The molecule has 0 atom stereocenters. The molecule has 1 fully saturated rings. The van der Waals surface area contributed by atoms with E-state index in [0.717, 1.165) is 25.9 Å². The van der Waals surface area contributed by atoms with Crippen molar-refractivity contribution in [3.8, 4) is 6.07 Å². The van der Waals surface area contributed by atoms with Gasteiger partial charge in [0, 0.05) is 13.1 Å². The van der Waals surface area contributed by atoms with Gasteiger partial charge in [-0.3, -0.25) is 4.79 Å². The Morgan fingerprint density at radius 3 is 2.43 bits per heavy atom. The second kappa shape index (κ2) is 4.80. The maximum Gasteiger partial charge on any atom is 0.264 e. The van der Waals surface area contributed by atoms with E-state index < -0.39 is 0 Å². The van der Waals surface area contributed by atoms with Crippen molar-refractivity contribution >= 4 is 5.91 Å². The molecule has 0 bridgehead atoms. The normalized spacial score (nSPS) is 17.3. The molecule has 0 spiro atoms. The summed E-state index contributed by atoms with van der Waals surface area (Å²) in [5, 5.41) is 8.84. The van der Waals surface area contributed by atoms with Gasteiger partial charge in [0.05, 0.1) is 0 Å². The van der Waals surface area contributed by atoms with Crippen molar-refractivity contribution in [2.45, 2.75) is 26.7 Å². The fourth-order valence-corrected chi connectivity index (χ4v) is 1.58. The Balaban J connectivity index is 2.70. The van der Waals surface area contributed by atoms with Crippen LogP contribution in [0.4, 0.5) is 0 Å². The lowest BCUT2D eigenvalue weighted by atomic mass is 10.1. The molecule has 1 rings (SSSR count). The highest BCUT2D eigenvalue weighted by Gasteiger charge is 2.21. The van der Waals surface area contributed by atoms with Crippen LogP contribution in [0, 0.1) is 17.2 Å². The lowest BCUT2D eigenvalue weighted by Crippen LogP contribution is -2.28. The zero-order chi connectivity index (χ0) is 10.6. The highest BCUT2D eigenvalue weighted by molar-refractivity contribution is 5.97. The summed E-state index contributed by atoms with van der Waals surface area (Å²) in [5.41, 5.74) is 0.293. The molecule has 1 aliphatic rings. The second-order valence-electron chi connectivity index (χ2n) is 3.94. The van der Waals surface area contributed by atoms with Gasteiger partial charge in [-0.15, -0.1) is 0 Å². The molecule has 14 heavy (non-hydrogen) atoms. The molecule has 1 amide bonds. The number of nitriles is 1. The van der Waals surface area contributed by atoms with E-state index in [9.17, 15) is 4.79 Å². The van der Waals surface area contributed by atoms with Gasteiger partial charge in [-0.25, -0.2) is 0 Å². The molecule has 0 N–H and O–H groups in total. The number of hydrogen-bond acceptors (Lipinski definition) is 2. The topological polar surface area (TPSA) is 44.1 Å². The number of hydrogen-bond donors (Lipinski definition) is 0. The molecule has 3 heteroatoms. The maximum absolute atomic E-state index is 11.7. The average molecular weight is 192 g/mol. The first kappa shape index (κ1) is 10.8. The molecule has 1 aliphatic heterocycles. The lowest BCUT2D eigenvalue weighted by Gasteiger charge is -2.14. The van der Waals surface area contributed by atoms with Gasteiger partial charge >= 0.3 is 0 Å². The van der Waals surface area contributed by atoms with Crippen molar-refractivity contribution in [1.82, 2.24) is 4.90 Å². The van der Waals surface area contributed by atoms with Crippen molar-refractivity contribution in [2.24, 2.45) is 5.92 Å². The molecule has 0 aromatic carbocycles. The van der Waals surface area contributed by atoms with E-state index in [4.69, 9.17) is 5.26 Å². The monoisotopic (exact) mass is 192 g/mol. The molecular weight excluding hydrogens is 176 g/mol. The standard InChI is InChI=1S/C11H16N2O/c1-9(2)7-10(8-12)11(14)13-5-3-4-6-13/h7,9H,3-6H2,1-2H3. The maximum atomic E-state index is 11.7. The number of amides is 1. The van der Waals surface area contributed by atoms with Crippen LogP contribution in [0.5, 0.6) is 0 Å². The fourth-order valence-electron chi connectivity index (χ4n) is 1.58. The van der Waals surface area contributed by atoms with Gasteiger partial charge in [-0.05, 0) is 18.8 Å². The van der Waals surface area contributed by atoms with Gasteiger partial charge in [-0.2, -0.15) is 5.26 Å². The first-order valence-electron chi connectivity index (χ1n) is 5.06. The number of rotatable bonds is 2. The number of likely N-dealkylation sites (tertiary alicyclic amines) is 1. The highest BCUT2D eigenvalue weighted by Crippen LogP contribution is 2.12. The molecule has 1 heterocycles. The first-order valence-corrected chi connectivity index (χ1v) is 5.06. The van der Waals surface area contributed by atoms with Crippen LogP contribution in [0.3, 0.4) is 0 Å². The minimum absolute atomic E-state index is 0.0984. The Kier molecular flexibility index (Phi) is 3.70. The number of carbonyl (C=O) groups is 1. The predicted octanol–water partition coefficient (Wildman–Crippen LogP) is 1.71. The Hall–Kier alpha value is -1.30. The summed E-state index contributed by atoms with van der Waals surface area (Å²) in [6.07, 6.45) is 3.86. The van der Waals surface area contributed by atoms with Crippen molar-refractivity contribution in [2.75, 3.05) is 13.1 Å². The smallest absolute Gasteiger partial charge is 0.264 e. The summed E-state index contributed by atoms with van der Waals surface area (Å²) in [6, 6.07) is 1.98. The highest BCUT2D eigenvalue weighted by atomic mass is 16.2. The minimum atomic E-state index is -0.0984. The quantitative estimate of drug-likeness (QED) is 0.494. The molecule has 1 saturated heterocycles. The second-order valence-corrected chi connectivity index (χ2v) is 3.94. The van der Waals surface area contributed by atoms with Gasteiger partial charge in [0.2, 0.25) is 0 Å². The van der Waals surface area contributed by atoms with E-state index in [2.05, 4.69) is 0 Å². The Morgan fingerprint density at radius 2 is 2.00 bits per heavy atom. The van der Waals surface area contributed by atoms with Crippen LogP contribution >= 0.6 is 0 Å². The molecule has 0 unspecified atom stereocenters. The zero-order valence-corrected chi connectivity index (χ0v) is 8.79. The van der Waals surface area contributed by atoms with E-state index in [-0.39, 0.29) is 11.8 Å². The molecule has 3 nitrogen and oxygen atoms in total. The van der Waals surface area contributed by atoms with E-state index in [1.165, 1.54) is 0 Å². The predicted molar refractivity (Wildman–Crippen MR) is 54.3 cm³/mol. The molecule has 0 aromatic heterocycles. The number of carbonyl (C=O) groups excluding carboxylic acids is 1. The summed E-state index contributed by atoms with van der Waals surface area (Å²) < 4.78 is 0. The Labute approximate surface area is 85.0 Å². The van der Waals surface area contributed by atoms with Crippen LogP contribution in [0.2, 0.25) is 0 Å².